The molecule has 0 fully saturated rings. The minimum atomic E-state index is -0.0284. The number of rotatable bonds is 7. The summed E-state index contributed by atoms with van der Waals surface area (Å²) in [7, 11) is 1.63. The monoisotopic (exact) mass is 334 g/mol. The third-order valence-corrected chi connectivity index (χ3v) is 2.72. The normalized spacial score (nSPS) is 9.76. The van der Waals surface area contributed by atoms with Crippen molar-refractivity contribution in [3.63, 3.8) is 0 Å². The molecule has 0 saturated carbocycles. The fourth-order valence-electron chi connectivity index (χ4n) is 1.70. The minimum Gasteiger partial charge on any atom is -0.383 e. The first kappa shape index (κ1) is 19.7. The van der Waals surface area contributed by atoms with Crippen molar-refractivity contribution in [2.45, 2.75) is 6.54 Å². The Balaban J connectivity index is 0.00000200. The Morgan fingerprint density at radius 3 is 2.95 bits per heavy atom. The summed E-state index contributed by atoms with van der Waals surface area (Å²) in [4.78, 5) is 15.8. The molecule has 0 saturated heterocycles. The number of fused-ring (bicyclic) bond motifs is 1. The Morgan fingerprint density at radius 2 is 2.19 bits per heavy atom. The SMILES string of the molecule is COCCNCC(=O)NCc1ccn2ccnc2c1.Cl.Cl. The molecule has 0 atom stereocenters. The molecular formula is C13H20Cl2N4O2. The summed E-state index contributed by atoms with van der Waals surface area (Å²) in [5, 5.41) is 5.85. The number of pyridine rings is 1. The third kappa shape index (κ3) is 6.31. The second kappa shape index (κ2) is 10.4. The first-order valence-electron chi connectivity index (χ1n) is 6.17. The lowest BCUT2D eigenvalue weighted by Crippen LogP contribution is -2.34. The van der Waals surface area contributed by atoms with Gasteiger partial charge in [0.2, 0.25) is 5.91 Å². The topological polar surface area (TPSA) is 67.7 Å². The van der Waals surface area contributed by atoms with Crippen molar-refractivity contribution < 1.29 is 9.53 Å². The molecule has 0 unspecified atom stereocenters. The summed E-state index contributed by atoms with van der Waals surface area (Å²) >= 11 is 0. The third-order valence-electron chi connectivity index (χ3n) is 2.72. The highest BCUT2D eigenvalue weighted by Gasteiger charge is 2.01. The fourth-order valence-corrected chi connectivity index (χ4v) is 1.70. The van der Waals surface area contributed by atoms with Gasteiger partial charge in [-0.05, 0) is 17.7 Å². The molecule has 0 aromatic carbocycles. The molecule has 2 aromatic heterocycles. The molecule has 0 aliphatic carbocycles. The molecular weight excluding hydrogens is 315 g/mol. The average molecular weight is 335 g/mol. The van der Waals surface area contributed by atoms with Gasteiger partial charge in [0, 0.05) is 38.8 Å². The van der Waals surface area contributed by atoms with Crippen LogP contribution in [0.2, 0.25) is 0 Å². The molecule has 118 valence electrons. The van der Waals surface area contributed by atoms with E-state index in [-0.39, 0.29) is 30.7 Å². The van der Waals surface area contributed by atoms with Gasteiger partial charge in [0.25, 0.3) is 0 Å². The molecule has 2 N–H and O–H groups in total. The van der Waals surface area contributed by atoms with Crippen LogP contribution in [0, 0.1) is 0 Å². The number of methoxy groups -OCH3 is 1. The predicted molar refractivity (Wildman–Crippen MR) is 86.3 cm³/mol. The largest absolute Gasteiger partial charge is 0.383 e. The maximum absolute atomic E-state index is 11.6. The number of carbonyl (C=O) groups is 1. The van der Waals surface area contributed by atoms with Crippen LogP contribution < -0.4 is 10.6 Å². The van der Waals surface area contributed by atoms with E-state index in [0.717, 1.165) is 11.2 Å². The van der Waals surface area contributed by atoms with Crippen molar-refractivity contribution in [3.8, 4) is 0 Å². The van der Waals surface area contributed by atoms with Crippen molar-refractivity contribution >= 4 is 36.4 Å². The second-order valence-electron chi connectivity index (χ2n) is 4.17. The molecule has 0 aliphatic heterocycles. The molecule has 1 amide bonds. The zero-order chi connectivity index (χ0) is 13.5. The lowest BCUT2D eigenvalue weighted by molar-refractivity contribution is -0.120. The highest BCUT2D eigenvalue weighted by Crippen LogP contribution is 2.04. The first-order chi connectivity index (χ1) is 9.29. The van der Waals surface area contributed by atoms with Crippen LogP contribution in [0.25, 0.3) is 5.65 Å². The van der Waals surface area contributed by atoms with Crippen LogP contribution in [0.5, 0.6) is 0 Å². The Kier molecular flexibility index (Phi) is 9.73. The molecule has 6 nitrogen and oxygen atoms in total. The summed E-state index contributed by atoms with van der Waals surface area (Å²) in [5.41, 5.74) is 1.91. The number of hydrogen-bond donors (Lipinski definition) is 2. The lowest BCUT2D eigenvalue weighted by atomic mass is 10.2. The number of nitrogens with zero attached hydrogens (tertiary/aromatic N) is 2. The summed E-state index contributed by atoms with van der Waals surface area (Å²) in [6, 6.07) is 3.92. The number of carbonyl (C=O) groups excluding carboxylic acids is 1. The van der Waals surface area contributed by atoms with E-state index in [1.54, 1.807) is 13.3 Å². The van der Waals surface area contributed by atoms with E-state index >= 15 is 0 Å². The number of imidazole rings is 1. The van der Waals surface area contributed by atoms with Crippen molar-refractivity contribution in [2.24, 2.45) is 0 Å². The maximum atomic E-state index is 11.6. The lowest BCUT2D eigenvalue weighted by Gasteiger charge is -2.07. The number of halogens is 2. The average Bonchev–Trinajstić information content (AvgIpc) is 2.89. The van der Waals surface area contributed by atoms with Crippen molar-refractivity contribution in [2.75, 3.05) is 26.8 Å². The molecule has 8 heteroatoms. The Hall–Kier alpha value is -1.34. The van der Waals surface area contributed by atoms with Gasteiger partial charge in [0.1, 0.15) is 5.65 Å². The van der Waals surface area contributed by atoms with Crippen LogP contribution in [-0.2, 0) is 16.1 Å². The van der Waals surface area contributed by atoms with Crippen LogP contribution >= 0.6 is 24.8 Å². The van der Waals surface area contributed by atoms with E-state index in [9.17, 15) is 4.79 Å². The Bertz CT molecular complexity index is 548. The van der Waals surface area contributed by atoms with E-state index in [2.05, 4.69) is 15.6 Å². The van der Waals surface area contributed by atoms with Gasteiger partial charge < -0.3 is 19.8 Å². The van der Waals surface area contributed by atoms with Crippen LogP contribution in [0.3, 0.4) is 0 Å². The number of amides is 1. The smallest absolute Gasteiger partial charge is 0.234 e. The summed E-state index contributed by atoms with van der Waals surface area (Å²) in [5.74, 6) is -0.0284. The van der Waals surface area contributed by atoms with Gasteiger partial charge in [-0.25, -0.2) is 4.98 Å². The molecule has 2 aromatic rings. The van der Waals surface area contributed by atoms with E-state index in [4.69, 9.17) is 4.74 Å². The fraction of sp³-hybridized carbons (Fsp3) is 0.385. The zero-order valence-corrected chi connectivity index (χ0v) is 13.4. The molecule has 21 heavy (non-hydrogen) atoms. The van der Waals surface area contributed by atoms with E-state index in [1.807, 2.05) is 28.9 Å². The van der Waals surface area contributed by atoms with Crippen LogP contribution in [0.4, 0.5) is 0 Å². The Labute approximate surface area is 136 Å². The van der Waals surface area contributed by atoms with Gasteiger partial charge in [-0.1, -0.05) is 0 Å². The highest BCUT2D eigenvalue weighted by atomic mass is 35.5. The van der Waals surface area contributed by atoms with Crippen LogP contribution in [0.1, 0.15) is 5.56 Å². The minimum absolute atomic E-state index is 0. The van der Waals surface area contributed by atoms with Crippen LogP contribution in [-0.4, -0.2) is 42.1 Å². The van der Waals surface area contributed by atoms with Crippen molar-refractivity contribution in [3.05, 3.63) is 36.3 Å². The molecule has 2 heterocycles. The summed E-state index contributed by atoms with van der Waals surface area (Å²) in [6.07, 6.45) is 5.56. The number of nitrogens with one attached hydrogen (secondary N) is 2. The van der Waals surface area contributed by atoms with Gasteiger partial charge in [0.05, 0.1) is 13.2 Å². The molecule has 0 radical (unpaired) electrons. The Morgan fingerprint density at radius 1 is 1.38 bits per heavy atom. The van der Waals surface area contributed by atoms with Gasteiger partial charge in [-0.3, -0.25) is 4.79 Å². The summed E-state index contributed by atoms with van der Waals surface area (Å²) in [6.45, 7) is 2.08. The second-order valence-corrected chi connectivity index (χ2v) is 4.17. The predicted octanol–water partition coefficient (Wildman–Crippen LogP) is 1.03. The van der Waals surface area contributed by atoms with E-state index in [1.165, 1.54) is 0 Å². The number of ether oxygens (including phenoxy) is 1. The zero-order valence-electron chi connectivity index (χ0n) is 11.7. The standard InChI is InChI=1S/C13H18N4O2.2ClH/c1-19-7-4-14-10-13(18)16-9-11-2-5-17-6-3-15-12(17)8-11;;/h2-3,5-6,8,14H,4,7,9-10H2,1H3,(H,16,18);2*1H. The van der Waals surface area contributed by atoms with Crippen LogP contribution in [0.15, 0.2) is 30.7 Å². The first-order valence-corrected chi connectivity index (χ1v) is 6.17. The maximum Gasteiger partial charge on any atom is 0.234 e. The van der Waals surface area contributed by atoms with Gasteiger partial charge in [0.15, 0.2) is 0 Å². The van der Waals surface area contributed by atoms with Gasteiger partial charge >= 0.3 is 0 Å². The number of hydrogen-bond acceptors (Lipinski definition) is 4. The number of aromatic nitrogens is 2. The van der Waals surface area contributed by atoms with E-state index in [0.29, 0.717) is 26.2 Å². The quantitative estimate of drug-likeness (QED) is 0.742. The van der Waals surface area contributed by atoms with Crippen molar-refractivity contribution in [1.29, 1.82) is 0 Å². The molecule has 0 bridgehead atoms. The van der Waals surface area contributed by atoms with Gasteiger partial charge in [-0.15, -0.1) is 24.8 Å². The molecule has 0 spiro atoms. The van der Waals surface area contributed by atoms with E-state index < -0.39 is 0 Å². The van der Waals surface area contributed by atoms with Crippen molar-refractivity contribution in [1.82, 2.24) is 20.0 Å². The molecule has 0 aliphatic rings. The summed E-state index contributed by atoms with van der Waals surface area (Å²) < 4.78 is 6.81. The highest BCUT2D eigenvalue weighted by molar-refractivity contribution is 5.85. The molecule has 2 rings (SSSR count). The van der Waals surface area contributed by atoms with Gasteiger partial charge in [-0.2, -0.15) is 0 Å².